The zero-order valence-electron chi connectivity index (χ0n) is 12.4. The predicted molar refractivity (Wildman–Crippen MR) is 85.5 cm³/mol. The van der Waals surface area contributed by atoms with Crippen molar-refractivity contribution in [1.29, 1.82) is 0 Å². The molecule has 0 aliphatic carbocycles. The van der Waals surface area contributed by atoms with Gasteiger partial charge < -0.3 is 14.8 Å². The molecule has 110 valence electrons. The van der Waals surface area contributed by atoms with Crippen LogP contribution in [0.4, 0.5) is 11.4 Å². The largest absolute Gasteiger partial charge is 0.379 e. The smallest absolute Gasteiger partial charge is 0.227 e. The molecule has 0 bridgehead atoms. The Balaban J connectivity index is 1.70. The fourth-order valence-electron chi connectivity index (χ4n) is 2.82. The molecule has 0 spiro atoms. The molecule has 21 heavy (non-hydrogen) atoms. The van der Waals surface area contributed by atoms with E-state index in [-0.39, 0.29) is 5.91 Å². The molecule has 1 fully saturated rings. The minimum Gasteiger partial charge on any atom is -0.379 e. The molecule has 1 aromatic carbocycles. The van der Waals surface area contributed by atoms with Crippen molar-refractivity contribution in [2.45, 2.75) is 32.9 Å². The number of aryl methyl sites for hydroxylation is 1. The van der Waals surface area contributed by atoms with Crippen LogP contribution in [0.5, 0.6) is 0 Å². The lowest BCUT2D eigenvalue weighted by Gasteiger charge is -2.17. The zero-order chi connectivity index (χ0) is 14.7. The Morgan fingerprint density at radius 2 is 2.14 bits per heavy atom. The lowest BCUT2D eigenvalue weighted by Crippen LogP contribution is -2.23. The van der Waals surface area contributed by atoms with Crippen molar-refractivity contribution in [2.75, 3.05) is 16.8 Å². The first-order chi connectivity index (χ1) is 10.3. The Labute approximate surface area is 125 Å². The minimum absolute atomic E-state index is 0.229. The Morgan fingerprint density at radius 3 is 2.90 bits per heavy atom. The van der Waals surface area contributed by atoms with Gasteiger partial charge in [-0.3, -0.25) is 4.79 Å². The van der Waals surface area contributed by atoms with Crippen LogP contribution in [0.2, 0.25) is 0 Å². The van der Waals surface area contributed by atoms with Crippen LogP contribution in [0, 0.1) is 0 Å². The maximum absolute atomic E-state index is 11.8. The molecule has 2 heterocycles. The van der Waals surface area contributed by atoms with Gasteiger partial charge in [0.05, 0.1) is 6.54 Å². The fourth-order valence-corrected chi connectivity index (χ4v) is 2.82. The third kappa shape index (κ3) is 2.94. The van der Waals surface area contributed by atoms with E-state index in [2.05, 4.69) is 41.2 Å². The van der Waals surface area contributed by atoms with E-state index < -0.39 is 0 Å². The van der Waals surface area contributed by atoms with Crippen molar-refractivity contribution in [3.05, 3.63) is 48.3 Å². The van der Waals surface area contributed by atoms with E-state index in [0.29, 0.717) is 6.42 Å². The molecule has 0 atom stereocenters. The number of nitrogens with zero attached hydrogens (tertiary/aromatic N) is 2. The lowest BCUT2D eigenvalue weighted by atomic mass is 10.2. The molecule has 1 amide bonds. The average Bonchev–Trinajstić information content (AvgIpc) is 3.13. The minimum atomic E-state index is 0.229. The first-order valence-corrected chi connectivity index (χ1v) is 7.56. The molecule has 1 saturated heterocycles. The highest BCUT2D eigenvalue weighted by atomic mass is 16.2. The van der Waals surface area contributed by atoms with E-state index in [0.717, 1.165) is 37.4 Å². The average molecular weight is 283 g/mol. The molecule has 3 rings (SSSR count). The van der Waals surface area contributed by atoms with Crippen molar-refractivity contribution in [3.63, 3.8) is 0 Å². The van der Waals surface area contributed by atoms with Gasteiger partial charge in [-0.2, -0.15) is 0 Å². The monoisotopic (exact) mass is 283 g/mol. The van der Waals surface area contributed by atoms with Crippen LogP contribution in [0.25, 0.3) is 0 Å². The summed E-state index contributed by atoms with van der Waals surface area (Å²) in [6.07, 6.45) is 3.72. The van der Waals surface area contributed by atoms with Gasteiger partial charge in [-0.05, 0) is 43.7 Å². The van der Waals surface area contributed by atoms with Crippen LogP contribution in [-0.4, -0.2) is 17.0 Å². The van der Waals surface area contributed by atoms with Gasteiger partial charge in [0.2, 0.25) is 5.91 Å². The van der Waals surface area contributed by atoms with Crippen LogP contribution in [0.3, 0.4) is 0 Å². The van der Waals surface area contributed by atoms with Gasteiger partial charge in [-0.25, -0.2) is 0 Å². The second kappa shape index (κ2) is 6.04. The molecule has 1 aromatic heterocycles. The van der Waals surface area contributed by atoms with Gasteiger partial charge in [0.1, 0.15) is 0 Å². The number of carbonyl (C=O) groups is 1. The lowest BCUT2D eigenvalue weighted by molar-refractivity contribution is -0.117. The van der Waals surface area contributed by atoms with Gasteiger partial charge in [0.25, 0.3) is 0 Å². The van der Waals surface area contributed by atoms with E-state index >= 15 is 0 Å². The number of aromatic nitrogens is 1. The molecule has 0 radical (unpaired) electrons. The molecule has 1 aliphatic rings. The maximum Gasteiger partial charge on any atom is 0.227 e. The van der Waals surface area contributed by atoms with Crippen molar-refractivity contribution < 1.29 is 4.79 Å². The fraction of sp³-hybridized carbons (Fsp3) is 0.353. The number of amides is 1. The van der Waals surface area contributed by atoms with Gasteiger partial charge in [0, 0.05) is 42.8 Å². The number of benzene rings is 1. The van der Waals surface area contributed by atoms with Gasteiger partial charge in [0.15, 0.2) is 0 Å². The molecule has 4 nitrogen and oxygen atoms in total. The Bertz CT molecular complexity index is 632. The van der Waals surface area contributed by atoms with Crippen molar-refractivity contribution in [3.8, 4) is 0 Å². The second-order valence-corrected chi connectivity index (χ2v) is 5.34. The molecule has 1 aliphatic heterocycles. The van der Waals surface area contributed by atoms with Crippen LogP contribution >= 0.6 is 0 Å². The SMILES string of the molecule is CCn1cccc1CNc1cccc(N2CCCC2=O)c1. The third-order valence-corrected chi connectivity index (χ3v) is 3.97. The molecule has 0 saturated carbocycles. The molecule has 4 heteroatoms. The quantitative estimate of drug-likeness (QED) is 0.914. The maximum atomic E-state index is 11.8. The summed E-state index contributed by atoms with van der Waals surface area (Å²) >= 11 is 0. The highest BCUT2D eigenvalue weighted by Gasteiger charge is 2.21. The number of rotatable bonds is 5. The number of carbonyl (C=O) groups excluding carboxylic acids is 1. The Kier molecular flexibility index (Phi) is 3.95. The standard InChI is InChI=1S/C17H21N3O/c1-2-19-10-4-8-16(19)13-18-14-6-3-7-15(12-14)20-11-5-9-17(20)21/h3-4,6-8,10,12,18H,2,5,9,11,13H2,1H3. The molecule has 1 N–H and O–H groups in total. The highest BCUT2D eigenvalue weighted by molar-refractivity contribution is 5.95. The predicted octanol–water partition coefficient (Wildman–Crippen LogP) is 3.25. The van der Waals surface area contributed by atoms with Crippen molar-refractivity contribution >= 4 is 17.3 Å². The Morgan fingerprint density at radius 1 is 1.24 bits per heavy atom. The zero-order valence-corrected chi connectivity index (χ0v) is 12.4. The van der Waals surface area contributed by atoms with Crippen molar-refractivity contribution in [2.24, 2.45) is 0 Å². The summed E-state index contributed by atoms with van der Waals surface area (Å²) in [4.78, 5) is 13.7. The van der Waals surface area contributed by atoms with E-state index in [9.17, 15) is 4.79 Å². The van der Waals surface area contributed by atoms with Crippen LogP contribution in [0.1, 0.15) is 25.5 Å². The van der Waals surface area contributed by atoms with Gasteiger partial charge in [-0.15, -0.1) is 0 Å². The van der Waals surface area contributed by atoms with E-state index in [1.807, 2.05) is 23.1 Å². The summed E-state index contributed by atoms with van der Waals surface area (Å²) in [5.74, 6) is 0.229. The summed E-state index contributed by atoms with van der Waals surface area (Å²) in [7, 11) is 0. The van der Waals surface area contributed by atoms with Crippen molar-refractivity contribution in [1.82, 2.24) is 4.57 Å². The molecular weight excluding hydrogens is 262 g/mol. The topological polar surface area (TPSA) is 37.3 Å². The third-order valence-electron chi connectivity index (χ3n) is 3.97. The number of anilines is 2. The number of nitrogens with one attached hydrogen (secondary N) is 1. The molecular formula is C17H21N3O. The summed E-state index contributed by atoms with van der Waals surface area (Å²) < 4.78 is 2.22. The van der Waals surface area contributed by atoms with E-state index in [1.54, 1.807) is 0 Å². The van der Waals surface area contributed by atoms with Crippen LogP contribution in [0.15, 0.2) is 42.6 Å². The van der Waals surface area contributed by atoms with Crippen LogP contribution in [-0.2, 0) is 17.9 Å². The van der Waals surface area contributed by atoms with Gasteiger partial charge in [-0.1, -0.05) is 6.07 Å². The van der Waals surface area contributed by atoms with Crippen LogP contribution < -0.4 is 10.2 Å². The first-order valence-electron chi connectivity index (χ1n) is 7.56. The first kappa shape index (κ1) is 13.7. The summed E-state index contributed by atoms with van der Waals surface area (Å²) in [5.41, 5.74) is 3.31. The summed E-state index contributed by atoms with van der Waals surface area (Å²) in [5, 5.41) is 3.44. The summed E-state index contributed by atoms with van der Waals surface area (Å²) in [6.45, 7) is 4.74. The highest BCUT2D eigenvalue weighted by Crippen LogP contribution is 2.24. The summed E-state index contributed by atoms with van der Waals surface area (Å²) in [6, 6.07) is 12.3. The van der Waals surface area contributed by atoms with Gasteiger partial charge >= 0.3 is 0 Å². The van der Waals surface area contributed by atoms with E-state index in [4.69, 9.17) is 0 Å². The number of hydrogen-bond donors (Lipinski definition) is 1. The second-order valence-electron chi connectivity index (χ2n) is 5.34. The molecule has 0 unspecified atom stereocenters. The van der Waals surface area contributed by atoms with E-state index in [1.165, 1.54) is 5.69 Å². The normalized spacial score (nSPS) is 14.7. The number of hydrogen-bond acceptors (Lipinski definition) is 2. The molecule has 2 aromatic rings. The Hall–Kier alpha value is -2.23.